The van der Waals surface area contributed by atoms with Crippen molar-refractivity contribution >= 4 is 40.3 Å². The quantitative estimate of drug-likeness (QED) is 0.402. The Morgan fingerprint density at radius 2 is 1.56 bits per heavy atom. The number of methoxy groups -OCH3 is 1. The van der Waals surface area contributed by atoms with E-state index in [0.717, 1.165) is 46.7 Å². The van der Waals surface area contributed by atoms with E-state index in [1.165, 1.54) is 11.8 Å². The second-order valence-corrected chi connectivity index (χ2v) is 8.36. The van der Waals surface area contributed by atoms with Crippen LogP contribution >= 0.6 is 11.8 Å². The molecule has 0 N–H and O–H groups in total. The van der Waals surface area contributed by atoms with Crippen molar-refractivity contribution in [3.63, 3.8) is 0 Å². The third-order valence-corrected chi connectivity index (χ3v) is 6.40. The van der Waals surface area contributed by atoms with Gasteiger partial charge in [-0.2, -0.15) is 0 Å². The molecule has 1 aliphatic rings. The summed E-state index contributed by atoms with van der Waals surface area (Å²) < 4.78 is 5.48. The van der Waals surface area contributed by atoms with Crippen LogP contribution in [-0.4, -0.2) is 18.2 Å². The van der Waals surface area contributed by atoms with Gasteiger partial charge in [0.25, 0.3) is 5.91 Å². The molecule has 0 atom stereocenters. The number of anilines is 1. The summed E-state index contributed by atoms with van der Waals surface area (Å²) in [5, 5.41) is 0.665. The van der Waals surface area contributed by atoms with Crippen LogP contribution in [0.25, 0.3) is 6.08 Å². The standard InChI is InChI=1S/C27H26N2O2S/c1-4-19-12-6-9-15-22(19)28-27-29(23-16-10-7-13-20(23)5-2)26(30)25(32-27)18-21-14-8-11-17-24(21)31-3/h6-18H,4-5H2,1-3H3/b25-18+,28-27?. The summed E-state index contributed by atoms with van der Waals surface area (Å²) in [5.41, 5.74) is 4.90. The maximum absolute atomic E-state index is 13.6. The number of nitrogens with zero attached hydrogens (tertiary/aromatic N) is 2. The van der Waals surface area contributed by atoms with Gasteiger partial charge in [-0.1, -0.05) is 68.4 Å². The van der Waals surface area contributed by atoms with Crippen LogP contribution in [-0.2, 0) is 17.6 Å². The summed E-state index contributed by atoms with van der Waals surface area (Å²) in [7, 11) is 1.64. The van der Waals surface area contributed by atoms with Crippen LogP contribution in [0.2, 0.25) is 0 Å². The molecular weight excluding hydrogens is 416 g/mol. The topological polar surface area (TPSA) is 41.9 Å². The molecule has 1 fully saturated rings. The predicted molar refractivity (Wildman–Crippen MR) is 135 cm³/mol. The largest absolute Gasteiger partial charge is 0.496 e. The van der Waals surface area contributed by atoms with Crippen molar-refractivity contribution in [2.24, 2.45) is 4.99 Å². The van der Waals surface area contributed by atoms with E-state index >= 15 is 0 Å². The Balaban J connectivity index is 1.85. The zero-order valence-corrected chi connectivity index (χ0v) is 19.4. The van der Waals surface area contributed by atoms with E-state index in [0.29, 0.717) is 10.1 Å². The third kappa shape index (κ3) is 4.34. The van der Waals surface area contributed by atoms with Gasteiger partial charge in [-0.3, -0.25) is 9.69 Å². The fraction of sp³-hybridized carbons (Fsp3) is 0.185. The number of para-hydroxylation sites is 3. The smallest absolute Gasteiger partial charge is 0.271 e. The van der Waals surface area contributed by atoms with Crippen LogP contribution < -0.4 is 9.64 Å². The average Bonchev–Trinajstić information content (AvgIpc) is 3.13. The van der Waals surface area contributed by atoms with Crippen LogP contribution in [0.3, 0.4) is 0 Å². The molecular formula is C27H26N2O2S. The molecule has 162 valence electrons. The van der Waals surface area contributed by atoms with Crippen molar-refractivity contribution in [3.05, 3.63) is 94.4 Å². The second kappa shape index (κ2) is 9.88. The molecule has 0 unspecified atom stereocenters. The summed E-state index contributed by atoms with van der Waals surface area (Å²) in [5.74, 6) is 0.658. The molecule has 0 spiro atoms. The van der Waals surface area contributed by atoms with Crippen LogP contribution in [0.4, 0.5) is 11.4 Å². The summed E-state index contributed by atoms with van der Waals surface area (Å²) in [4.78, 5) is 21.0. The van der Waals surface area contributed by atoms with Crippen LogP contribution in [0.5, 0.6) is 5.75 Å². The highest BCUT2D eigenvalue weighted by atomic mass is 32.2. The highest BCUT2D eigenvalue weighted by Crippen LogP contribution is 2.39. The minimum Gasteiger partial charge on any atom is -0.496 e. The normalized spacial score (nSPS) is 16.2. The zero-order valence-electron chi connectivity index (χ0n) is 18.5. The van der Waals surface area contributed by atoms with E-state index < -0.39 is 0 Å². The molecule has 3 aromatic rings. The van der Waals surface area contributed by atoms with Gasteiger partial charge in [-0.25, -0.2) is 4.99 Å². The van der Waals surface area contributed by atoms with Gasteiger partial charge in [0.2, 0.25) is 0 Å². The molecule has 0 aromatic heterocycles. The summed E-state index contributed by atoms with van der Waals surface area (Å²) in [6, 6.07) is 23.8. The van der Waals surface area contributed by atoms with Gasteiger partial charge in [-0.15, -0.1) is 0 Å². The lowest BCUT2D eigenvalue weighted by Gasteiger charge is -2.19. The molecule has 0 radical (unpaired) electrons. The SMILES string of the molecule is CCc1ccccc1N=C1S/C(=C/c2ccccc2OC)C(=O)N1c1ccccc1CC. The van der Waals surface area contributed by atoms with Gasteiger partial charge < -0.3 is 4.74 Å². The Labute approximate surface area is 193 Å². The predicted octanol–water partition coefficient (Wildman–Crippen LogP) is 6.63. The maximum atomic E-state index is 13.6. The van der Waals surface area contributed by atoms with Gasteiger partial charge >= 0.3 is 0 Å². The van der Waals surface area contributed by atoms with Crippen molar-refractivity contribution in [2.45, 2.75) is 26.7 Å². The number of carbonyl (C=O) groups excluding carboxylic acids is 1. The highest BCUT2D eigenvalue weighted by Gasteiger charge is 2.36. The second-order valence-electron chi connectivity index (χ2n) is 7.35. The number of thioether (sulfide) groups is 1. The van der Waals surface area contributed by atoms with E-state index in [1.54, 1.807) is 12.0 Å². The van der Waals surface area contributed by atoms with Crippen molar-refractivity contribution in [2.75, 3.05) is 12.0 Å². The average molecular weight is 443 g/mol. The molecule has 4 rings (SSSR count). The van der Waals surface area contributed by atoms with Gasteiger partial charge in [0.1, 0.15) is 5.75 Å². The highest BCUT2D eigenvalue weighted by molar-refractivity contribution is 8.19. The number of carbonyl (C=O) groups is 1. The Hall–Kier alpha value is -3.31. The van der Waals surface area contributed by atoms with Gasteiger partial charge in [0.15, 0.2) is 5.17 Å². The van der Waals surface area contributed by atoms with E-state index in [4.69, 9.17) is 9.73 Å². The number of aliphatic imine (C=N–C) groups is 1. The first kappa shape index (κ1) is 21.9. The van der Waals surface area contributed by atoms with Crippen LogP contribution in [0, 0.1) is 0 Å². The molecule has 0 saturated carbocycles. The first-order chi connectivity index (χ1) is 15.7. The molecule has 3 aromatic carbocycles. The fourth-order valence-electron chi connectivity index (χ4n) is 3.74. The molecule has 1 heterocycles. The number of amides is 1. The first-order valence-corrected chi connectivity index (χ1v) is 11.6. The van der Waals surface area contributed by atoms with Gasteiger partial charge in [0, 0.05) is 5.56 Å². The lowest BCUT2D eigenvalue weighted by atomic mass is 10.1. The van der Waals surface area contributed by atoms with Crippen molar-refractivity contribution in [3.8, 4) is 5.75 Å². The Morgan fingerprint density at radius 3 is 2.31 bits per heavy atom. The maximum Gasteiger partial charge on any atom is 0.271 e. The number of ether oxygens (including phenoxy) is 1. The van der Waals surface area contributed by atoms with Crippen molar-refractivity contribution < 1.29 is 9.53 Å². The number of benzene rings is 3. The molecule has 4 nitrogen and oxygen atoms in total. The van der Waals surface area contributed by atoms with Gasteiger partial charge in [0.05, 0.1) is 23.4 Å². The van der Waals surface area contributed by atoms with E-state index in [1.807, 2.05) is 66.7 Å². The zero-order chi connectivity index (χ0) is 22.5. The molecule has 0 bridgehead atoms. The van der Waals surface area contributed by atoms with Crippen LogP contribution in [0.15, 0.2) is 82.7 Å². The summed E-state index contributed by atoms with van der Waals surface area (Å²) >= 11 is 1.40. The van der Waals surface area contributed by atoms with E-state index in [9.17, 15) is 4.79 Å². The molecule has 1 amide bonds. The van der Waals surface area contributed by atoms with Crippen molar-refractivity contribution in [1.29, 1.82) is 0 Å². The van der Waals surface area contributed by atoms with Crippen LogP contribution in [0.1, 0.15) is 30.5 Å². The number of hydrogen-bond acceptors (Lipinski definition) is 4. The van der Waals surface area contributed by atoms with Crippen molar-refractivity contribution in [1.82, 2.24) is 0 Å². The Morgan fingerprint density at radius 1 is 0.906 bits per heavy atom. The summed E-state index contributed by atoms with van der Waals surface area (Å²) in [6.45, 7) is 4.21. The number of rotatable bonds is 6. The monoisotopic (exact) mass is 442 g/mol. The minimum atomic E-state index is -0.0745. The Kier molecular flexibility index (Phi) is 6.76. The third-order valence-electron chi connectivity index (χ3n) is 5.43. The number of hydrogen-bond donors (Lipinski definition) is 0. The summed E-state index contributed by atoms with van der Waals surface area (Å²) in [6.07, 6.45) is 3.59. The first-order valence-electron chi connectivity index (χ1n) is 10.8. The number of amidine groups is 1. The molecule has 32 heavy (non-hydrogen) atoms. The lowest BCUT2D eigenvalue weighted by molar-refractivity contribution is -0.113. The molecule has 5 heteroatoms. The Bertz CT molecular complexity index is 1200. The number of aryl methyl sites for hydroxylation is 2. The van der Waals surface area contributed by atoms with E-state index in [2.05, 4.69) is 26.0 Å². The fourth-order valence-corrected chi connectivity index (χ4v) is 4.72. The minimum absolute atomic E-state index is 0.0745. The molecule has 1 aliphatic heterocycles. The lowest BCUT2D eigenvalue weighted by Crippen LogP contribution is -2.29. The molecule has 0 aliphatic carbocycles. The molecule has 1 saturated heterocycles. The van der Waals surface area contributed by atoms with Gasteiger partial charge in [-0.05, 0) is 60.0 Å². The van der Waals surface area contributed by atoms with E-state index in [-0.39, 0.29) is 5.91 Å².